The van der Waals surface area contributed by atoms with Crippen molar-refractivity contribution in [3.05, 3.63) is 65.2 Å². The van der Waals surface area contributed by atoms with Gasteiger partial charge in [-0.3, -0.25) is 14.5 Å². The number of nitrogen functional groups attached to an aromatic ring is 1. The molecule has 28 heavy (non-hydrogen) atoms. The standard InChI is InChI=1S/C15H14N2O.2CH4O3S/c16-15(17)14-12(7-4-8-13(14)18)10-9-11-5-2-1-3-6-11;2*1-5(2,3)4/h1-10,18H,(H3,16,17);2*1H3,(H,2,3,4). The van der Waals surface area contributed by atoms with E-state index in [-0.39, 0.29) is 11.6 Å². The zero-order valence-corrected chi connectivity index (χ0v) is 16.8. The van der Waals surface area contributed by atoms with E-state index in [1.165, 1.54) is 6.07 Å². The first-order valence-corrected chi connectivity index (χ1v) is 11.1. The van der Waals surface area contributed by atoms with Gasteiger partial charge in [0.15, 0.2) is 0 Å². The smallest absolute Gasteiger partial charge is 0.261 e. The molecular formula is C17H22N2O7S2. The third kappa shape index (κ3) is 14.4. The number of rotatable bonds is 3. The molecule has 11 heteroatoms. The molecule has 0 saturated carbocycles. The number of phenols is 1. The minimum absolute atomic E-state index is 0.0257. The predicted octanol–water partition coefficient (Wildman–Crippen LogP) is 1.85. The van der Waals surface area contributed by atoms with Crippen molar-refractivity contribution in [2.75, 3.05) is 12.5 Å². The molecule has 0 atom stereocenters. The van der Waals surface area contributed by atoms with E-state index in [4.69, 9.17) is 20.2 Å². The molecule has 9 nitrogen and oxygen atoms in total. The minimum atomic E-state index is -3.67. The van der Waals surface area contributed by atoms with Crippen molar-refractivity contribution in [1.82, 2.24) is 0 Å². The molecule has 0 radical (unpaired) electrons. The van der Waals surface area contributed by atoms with Gasteiger partial charge in [-0.15, -0.1) is 0 Å². The molecule has 0 aliphatic heterocycles. The maximum atomic E-state index is 9.70. The van der Waals surface area contributed by atoms with E-state index < -0.39 is 20.2 Å². The highest BCUT2D eigenvalue weighted by atomic mass is 32.2. The van der Waals surface area contributed by atoms with Gasteiger partial charge in [0.25, 0.3) is 20.2 Å². The van der Waals surface area contributed by atoms with E-state index in [0.717, 1.165) is 11.1 Å². The van der Waals surface area contributed by atoms with Crippen molar-refractivity contribution in [3.63, 3.8) is 0 Å². The van der Waals surface area contributed by atoms with E-state index in [1.807, 2.05) is 48.6 Å². The average molecular weight is 431 g/mol. The predicted molar refractivity (Wildman–Crippen MR) is 109 cm³/mol. The molecule has 0 aliphatic carbocycles. The van der Waals surface area contributed by atoms with Crippen LogP contribution in [-0.4, -0.2) is 49.4 Å². The number of nitrogens with two attached hydrogens (primary N) is 1. The summed E-state index contributed by atoms with van der Waals surface area (Å²) in [6.07, 6.45) is 5.19. The first-order chi connectivity index (χ1) is 12.7. The van der Waals surface area contributed by atoms with E-state index in [0.29, 0.717) is 18.1 Å². The third-order valence-corrected chi connectivity index (χ3v) is 2.60. The molecule has 0 heterocycles. The first kappa shape index (κ1) is 25.3. The molecule has 0 aromatic heterocycles. The highest BCUT2D eigenvalue weighted by Gasteiger charge is 2.07. The molecule has 0 amide bonds. The van der Waals surface area contributed by atoms with Crippen molar-refractivity contribution in [2.45, 2.75) is 0 Å². The zero-order valence-electron chi connectivity index (χ0n) is 15.1. The Morgan fingerprint density at radius 1 is 0.893 bits per heavy atom. The number of aromatic hydroxyl groups is 1. The molecule has 0 spiro atoms. The summed E-state index contributed by atoms with van der Waals surface area (Å²) in [6, 6.07) is 14.9. The normalized spacial score (nSPS) is 11.0. The van der Waals surface area contributed by atoms with Crippen LogP contribution < -0.4 is 5.73 Å². The van der Waals surface area contributed by atoms with Crippen LogP contribution in [0.4, 0.5) is 0 Å². The Morgan fingerprint density at radius 3 is 1.79 bits per heavy atom. The van der Waals surface area contributed by atoms with E-state index in [2.05, 4.69) is 0 Å². The molecule has 2 rings (SSSR count). The van der Waals surface area contributed by atoms with Crippen LogP contribution in [0.1, 0.15) is 16.7 Å². The summed E-state index contributed by atoms with van der Waals surface area (Å²) in [5, 5.41) is 17.2. The lowest BCUT2D eigenvalue weighted by Gasteiger charge is -2.06. The second-order valence-corrected chi connectivity index (χ2v) is 8.30. The molecule has 0 aliphatic rings. The van der Waals surface area contributed by atoms with Crippen LogP contribution in [0, 0.1) is 5.41 Å². The molecule has 6 N–H and O–H groups in total. The monoisotopic (exact) mass is 430 g/mol. The lowest BCUT2D eigenvalue weighted by molar-refractivity contribution is 0.474. The summed E-state index contributed by atoms with van der Waals surface area (Å²) in [7, 11) is -7.33. The van der Waals surface area contributed by atoms with Crippen LogP contribution in [0.15, 0.2) is 48.5 Å². The lowest BCUT2D eigenvalue weighted by Crippen LogP contribution is -2.12. The quantitative estimate of drug-likeness (QED) is 0.212. The first-order valence-electron chi connectivity index (χ1n) is 7.43. The molecule has 154 valence electrons. The van der Waals surface area contributed by atoms with Crippen LogP contribution >= 0.6 is 0 Å². The van der Waals surface area contributed by atoms with Gasteiger partial charge in [0, 0.05) is 0 Å². The summed E-state index contributed by atoms with van der Waals surface area (Å²) in [5.74, 6) is -0.112. The summed E-state index contributed by atoms with van der Waals surface area (Å²) < 4.78 is 51.7. The minimum Gasteiger partial charge on any atom is -0.507 e. The average Bonchev–Trinajstić information content (AvgIpc) is 2.50. The Bertz CT molecular complexity index is 971. The van der Waals surface area contributed by atoms with Crippen molar-refractivity contribution in [2.24, 2.45) is 5.73 Å². The van der Waals surface area contributed by atoms with E-state index in [1.54, 1.807) is 6.07 Å². The Labute approximate surface area is 164 Å². The third-order valence-electron chi connectivity index (χ3n) is 2.60. The van der Waals surface area contributed by atoms with Gasteiger partial charge in [-0.05, 0) is 17.2 Å². The van der Waals surface area contributed by atoms with Gasteiger partial charge in [0.05, 0.1) is 18.1 Å². The van der Waals surface area contributed by atoms with Gasteiger partial charge >= 0.3 is 0 Å². The number of phenolic OH excluding ortho intramolecular Hbond substituents is 1. The largest absolute Gasteiger partial charge is 0.507 e. The highest BCUT2D eigenvalue weighted by molar-refractivity contribution is 7.85. The summed E-state index contributed by atoms with van der Waals surface area (Å²) in [6.45, 7) is 0. The fourth-order valence-electron chi connectivity index (χ4n) is 1.74. The van der Waals surface area contributed by atoms with Crippen molar-refractivity contribution in [1.29, 1.82) is 5.41 Å². The SMILES string of the molecule is CS(=O)(=O)O.CS(=O)(=O)O.N=C(N)c1c(O)cccc1C=Cc1ccccc1. The summed E-state index contributed by atoms with van der Waals surface area (Å²) in [5.41, 5.74) is 7.62. The number of amidine groups is 1. The van der Waals surface area contributed by atoms with Crippen LogP contribution in [0.2, 0.25) is 0 Å². The topological polar surface area (TPSA) is 179 Å². The van der Waals surface area contributed by atoms with Gasteiger partial charge in [-0.25, -0.2) is 0 Å². The van der Waals surface area contributed by atoms with Crippen molar-refractivity contribution in [3.8, 4) is 5.75 Å². The maximum Gasteiger partial charge on any atom is 0.261 e. The van der Waals surface area contributed by atoms with Crippen molar-refractivity contribution >= 4 is 38.2 Å². The van der Waals surface area contributed by atoms with Gasteiger partial charge in [-0.1, -0.05) is 54.6 Å². The van der Waals surface area contributed by atoms with Gasteiger partial charge < -0.3 is 10.8 Å². The summed E-state index contributed by atoms with van der Waals surface area (Å²) >= 11 is 0. The van der Waals surface area contributed by atoms with Gasteiger partial charge in [-0.2, -0.15) is 16.8 Å². The maximum absolute atomic E-state index is 9.70. The van der Waals surface area contributed by atoms with Crippen molar-refractivity contribution < 1.29 is 31.0 Å². The van der Waals surface area contributed by atoms with E-state index in [9.17, 15) is 21.9 Å². The Balaban J connectivity index is 0.000000607. The lowest BCUT2D eigenvalue weighted by atomic mass is 10.0. The van der Waals surface area contributed by atoms with Crippen LogP contribution in [0.5, 0.6) is 5.75 Å². The molecule has 0 fully saturated rings. The fourth-order valence-corrected chi connectivity index (χ4v) is 1.74. The molecule has 0 saturated heterocycles. The molecule has 2 aromatic carbocycles. The van der Waals surface area contributed by atoms with Gasteiger partial charge in [0.1, 0.15) is 11.6 Å². The Hall–Kier alpha value is -2.73. The van der Waals surface area contributed by atoms with Gasteiger partial charge in [0.2, 0.25) is 0 Å². The highest BCUT2D eigenvalue weighted by Crippen LogP contribution is 2.22. The zero-order chi connectivity index (χ0) is 22.0. The van der Waals surface area contributed by atoms with E-state index >= 15 is 0 Å². The fraction of sp³-hybridized carbons (Fsp3) is 0.118. The number of nitrogens with one attached hydrogen (secondary N) is 1. The molecule has 2 aromatic rings. The second-order valence-electron chi connectivity index (χ2n) is 5.37. The molecule has 0 bridgehead atoms. The van der Waals surface area contributed by atoms with Crippen LogP contribution in [0.25, 0.3) is 12.2 Å². The number of hydrogen-bond donors (Lipinski definition) is 5. The molecule has 0 unspecified atom stereocenters. The Kier molecular flexibility index (Phi) is 10.1. The number of benzene rings is 2. The Morgan fingerprint density at radius 2 is 1.36 bits per heavy atom. The summed E-state index contributed by atoms with van der Waals surface area (Å²) in [4.78, 5) is 0. The second kappa shape index (κ2) is 11.2. The molecular weight excluding hydrogens is 408 g/mol. The van der Waals surface area contributed by atoms with Crippen LogP contribution in [0.3, 0.4) is 0 Å². The van der Waals surface area contributed by atoms with Crippen LogP contribution in [-0.2, 0) is 20.2 Å². The number of hydrogen-bond acceptors (Lipinski definition) is 6.